The number of fused-ring (bicyclic) bond motifs is 1. The molecule has 0 aliphatic carbocycles. The van der Waals surface area contributed by atoms with E-state index in [0.29, 0.717) is 30.4 Å². The zero-order valence-corrected chi connectivity index (χ0v) is 19.0. The summed E-state index contributed by atoms with van der Waals surface area (Å²) in [6, 6.07) is 10.3. The summed E-state index contributed by atoms with van der Waals surface area (Å²) in [4.78, 5) is 19.6. The first-order valence-corrected chi connectivity index (χ1v) is 11.1. The van der Waals surface area contributed by atoms with Crippen LogP contribution in [0.25, 0.3) is 5.65 Å². The number of amides is 1. The summed E-state index contributed by atoms with van der Waals surface area (Å²) in [5.74, 6) is 0.614. The first-order chi connectivity index (χ1) is 15.5. The lowest BCUT2D eigenvalue weighted by Crippen LogP contribution is -2.38. The normalized spacial score (nSPS) is 14.8. The highest BCUT2D eigenvalue weighted by Crippen LogP contribution is 2.16. The molecule has 1 aliphatic rings. The van der Waals surface area contributed by atoms with E-state index in [1.54, 1.807) is 10.7 Å². The SMILES string of the molecule is Cc1cc(C)n2ncc(C(=O)NCc3cccc(OCCN(C)C4CCOCC4)c3)c2n1. The van der Waals surface area contributed by atoms with Crippen molar-refractivity contribution in [3.8, 4) is 5.75 Å². The molecule has 8 heteroatoms. The van der Waals surface area contributed by atoms with Gasteiger partial charge in [0.15, 0.2) is 5.65 Å². The van der Waals surface area contributed by atoms with Crippen LogP contribution in [0.5, 0.6) is 5.75 Å². The van der Waals surface area contributed by atoms with Crippen molar-refractivity contribution in [2.45, 2.75) is 39.3 Å². The number of hydrogen-bond acceptors (Lipinski definition) is 6. The molecule has 32 heavy (non-hydrogen) atoms. The molecule has 0 atom stereocenters. The molecule has 2 aromatic heterocycles. The molecule has 0 unspecified atom stereocenters. The fourth-order valence-corrected chi connectivity index (χ4v) is 4.07. The number of benzene rings is 1. The first-order valence-electron chi connectivity index (χ1n) is 11.1. The average Bonchev–Trinajstić information content (AvgIpc) is 3.22. The predicted octanol–water partition coefficient (Wildman–Crippen LogP) is 2.77. The third kappa shape index (κ3) is 5.26. The van der Waals surface area contributed by atoms with Gasteiger partial charge in [-0.25, -0.2) is 9.50 Å². The fraction of sp³-hybridized carbons (Fsp3) is 0.458. The lowest BCUT2D eigenvalue weighted by Gasteiger charge is -2.31. The molecule has 1 amide bonds. The fourth-order valence-electron chi connectivity index (χ4n) is 4.07. The molecular weight excluding hydrogens is 406 g/mol. The minimum atomic E-state index is -0.193. The number of aromatic nitrogens is 3. The maximum atomic E-state index is 12.7. The highest BCUT2D eigenvalue weighted by molar-refractivity contribution is 5.99. The molecule has 3 aromatic rings. The monoisotopic (exact) mass is 437 g/mol. The molecule has 1 aromatic carbocycles. The molecule has 3 heterocycles. The second-order valence-electron chi connectivity index (χ2n) is 8.34. The van der Waals surface area contributed by atoms with Gasteiger partial charge in [0.25, 0.3) is 5.91 Å². The van der Waals surface area contributed by atoms with E-state index in [2.05, 4.69) is 27.3 Å². The van der Waals surface area contributed by atoms with E-state index in [1.807, 2.05) is 44.2 Å². The van der Waals surface area contributed by atoms with Gasteiger partial charge in [0, 0.05) is 43.7 Å². The summed E-state index contributed by atoms with van der Waals surface area (Å²) in [5, 5.41) is 7.26. The van der Waals surface area contributed by atoms with Crippen molar-refractivity contribution in [3.63, 3.8) is 0 Å². The van der Waals surface area contributed by atoms with Gasteiger partial charge in [-0.1, -0.05) is 12.1 Å². The molecule has 0 saturated carbocycles. The highest BCUT2D eigenvalue weighted by atomic mass is 16.5. The Labute approximate surface area is 188 Å². The summed E-state index contributed by atoms with van der Waals surface area (Å²) in [7, 11) is 2.14. The van der Waals surface area contributed by atoms with Gasteiger partial charge in [-0.2, -0.15) is 5.10 Å². The first kappa shape index (κ1) is 22.2. The number of aryl methyl sites for hydroxylation is 2. The van der Waals surface area contributed by atoms with E-state index in [-0.39, 0.29) is 5.91 Å². The molecule has 4 rings (SSSR count). The van der Waals surface area contributed by atoms with Crippen LogP contribution in [-0.4, -0.2) is 64.9 Å². The number of nitrogens with zero attached hydrogens (tertiary/aromatic N) is 4. The molecule has 0 radical (unpaired) electrons. The number of carbonyl (C=O) groups is 1. The number of hydrogen-bond donors (Lipinski definition) is 1. The van der Waals surface area contributed by atoms with Gasteiger partial charge in [0.05, 0.1) is 6.20 Å². The minimum absolute atomic E-state index is 0.193. The van der Waals surface area contributed by atoms with Gasteiger partial charge >= 0.3 is 0 Å². The molecule has 1 N–H and O–H groups in total. The van der Waals surface area contributed by atoms with Crippen molar-refractivity contribution in [1.29, 1.82) is 0 Å². The molecule has 0 spiro atoms. The minimum Gasteiger partial charge on any atom is -0.492 e. The van der Waals surface area contributed by atoms with Crippen LogP contribution >= 0.6 is 0 Å². The number of rotatable bonds is 8. The average molecular weight is 438 g/mol. The molecule has 170 valence electrons. The number of likely N-dealkylation sites (N-methyl/N-ethyl adjacent to an activating group) is 1. The lowest BCUT2D eigenvalue weighted by atomic mass is 10.1. The van der Waals surface area contributed by atoms with Gasteiger partial charge in [0.2, 0.25) is 0 Å². The van der Waals surface area contributed by atoms with Crippen LogP contribution < -0.4 is 10.1 Å². The molecule has 8 nitrogen and oxygen atoms in total. The molecule has 1 aliphatic heterocycles. The van der Waals surface area contributed by atoms with Crippen molar-refractivity contribution < 1.29 is 14.3 Å². The summed E-state index contributed by atoms with van der Waals surface area (Å²) < 4.78 is 13.1. The second kappa shape index (κ2) is 10.1. The van der Waals surface area contributed by atoms with Crippen LogP contribution in [0.2, 0.25) is 0 Å². The van der Waals surface area contributed by atoms with Crippen molar-refractivity contribution in [3.05, 3.63) is 59.0 Å². The molecule has 1 saturated heterocycles. The smallest absolute Gasteiger partial charge is 0.257 e. The van der Waals surface area contributed by atoms with Gasteiger partial charge in [-0.15, -0.1) is 0 Å². The van der Waals surface area contributed by atoms with E-state index in [0.717, 1.165) is 55.3 Å². The second-order valence-corrected chi connectivity index (χ2v) is 8.34. The zero-order chi connectivity index (χ0) is 22.5. The van der Waals surface area contributed by atoms with Crippen molar-refractivity contribution in [2.75, 3.05) is 33.4 Å². The lowest BCUT2D eigenvalue weighted by molar-refractivity contribution is 0.0392. The van der Waals surface area contributed by atoms with Crippen LogP contribution in [0.4, 0.5) is 0 Å². The number of nitrogens with one attached hydrogen (secondary N) is 1. The summed E-state index contributed by atoms with van der Waals surface area (Å²) in [5.41, 5.74) is 3.83. The summed E-state index contributed by atoms with van der Waals surface area (Å²) >= 11 is 0. The Morgan fingerprint density at radius 1 is 1.28 bits per heavy atom. The van der Waals surface area contributed by atoms with Crippen LogP contribution in [0.15, 0.2) is 36.5 Å². The highest BCUT2D eigenvalue weighted by Gasteiger charge is 2.18. The van der Waals surface area contributed by atoms with Crippen LogP contribution in [-0.2, 0) is 11.3 Å². The zero-order valence-electron chi connectivity index (χ0n) is 19.0. The van der Waals surface area contributed by atoms with Crippen molar-refractivity contribution >= 4 is 11.6 Å². The van der Waals surface area contributed by atoms with Gasteiger partial charge in [0.1, 0.15) is 17.9 Å². The van der Waals surface area contributed by atoms with E-state index >= 15 is 0 Å². The van der Waals surface area contributed by atoms with Gasteiger partial charge < -0.3 is 14.8 Å². The Balaban J connectivity index is 1.31. The van der Waals surface area contributed by atoms with Crippen molar-refractivity contribution in [2.24, 2.45) is 0 Å². The van der Waals surface area contributed by atoms with Crippen molar-refractivity contribution in [1.82, 2.24) is 24.8 Å². The molecule has 1 fully saturated rings. The van der Waals surface area contributed by atoms with Crippen LogP contribution in [0, 0.1) is 13.8 Å². The van der Waals surface area contributed by atoms with E-state index in [4.69, 9.17) is 9.47 Å². The number of ether oxygens (including phenoxy) is 2. The maximum absolute atomic E-state index is 12.7. The van der Waals surface area contributed by atoms with Gasteiger partial charge in [-0.3, -0.25) is 9.69 Å². The Bertz CT molecular complexity index is 1070. The van der Waals surface area contributed by atoms with Gasteiger partial charge in [-0.05, 0) is 57.5 Å². The van der Waals surface area contributed by atoms with E-state index in [9.17, 15) is 4.79 Å². The van der Waals surface area contributed by atoms with Crippen LogP contribution in [0.3, 0.4) is 0 Å². The summed E-state index contributed by atoms with van der Waals surface area (Å²) in [6.45, 7) is 7.43. The quantitative estimate of drug-likeness (QED) is 0.584. The maximum Gasteiger partial charge on any atom is 0.257 e. The molecule has 0 bridgehead atoms. The Morgan fingerprint density at radius 3 is 2.91 bits per heavy atom. The van der Waals surface area contributed by atoms with E-state index < -0.39 is 0 Å². The Morgan fingerprint density at radius 2 is 2.09 bits per heavy atom. The third-order valence-corrected chi connectivity index (χ3v) is 5.90. The largest absolute Gasteiger partial charge is 0.492 e. The standard InChI is InChI=1S/C24H31N5O3/c1-17-13-18(2)29-23(27-17)22(16-26-29)24(30)25-15-19-5-4-6-21(14-19)32-12-9-28(3)20-7-10-31-11-8-20/h4-6,13-14,16,20H,7-12,15H2,1-3H3,(H,25,30). The Hall–Kier alpha value is -2.97. The Kier molecular flexibility index (Phi) is 7.02. The molecular formula is C24H31N5O3. The summed E-state index contributed by atoms with van der Waals surface area (Å²) in [6.07, 6.45) is 3.72. The number of carbonyl (C=O) groups excluding carboxylic acids is 1. The third-order valence-electron chi connectivity index (χ3n) is 5.90. The predicted molar refractivity (Wildman–Crippen MR) is 122 cm³/mol. The topological polar surface area (TPSA) is 81.0 Å². The van der Waals surface area contributed by atoms with Crippen LogP contribution in [0.1, 0.15) is 40.2 Å². The van der Waals surface area contributed by atoms with E-state index in [1.165, 1.54) is 0 Å².